The van der Waals surface area contributed by atoms with Gasteiger partial charge in [0.15, 0.2) is 0 Å². The molecule has 0 aliphatic carbocycles. The number of likely N-dealkylation sites (N-methyl/N-ethyl adjacent to an activating group) is 1. The van der Waals surface area contributed by atoms with Gasteiger partial charge in [0.05, 0.1) is 0 Å². The molecule has 1 fully saturated rings. The second-order valence-corrected chi connectivity index (χ2v) is 8.41. The van der Waals surface area contributed by atoms with Crippen LogP contribution in [0.5, 0.6) is 0 Å². The van der Waals surface area contributed by atoms with Crippen molar-refractivity contribution in [2.75, 3.05) is 46.3 Å². The third-order valence-corrected chi connectivity index (χ3v) is 5.47. The molecule has 1 aliphatic rings. The van der Waals surface area contributed by atoms with E-state index in [2.05, 4.69) is 36.0 Å². The molecule has 2 rings (SSSR count). The van der Waals surface area contributed by atoms with Crippen molar-refractivity contribution in [3.63, 3.8) is 0 Å². The van der Waals surface area contributed by atoms with Crippen LogP contribution < -0.4 is 5.32 Å². The van der Waals surface area contributed by atoms with Gasteiger partial charge in [0.1, 0.15) is 5.78 Å². The van der Waals surface area contributed by atoms with Crippen LogP contribution >= 0.6 is 0 Å². The molecule has 0 radical (unpaired) electrons. The number of piperazine rings is 1. The minimum absolute atomic E-state index is 0.0542. The molecule has 1 amide bonds. The lowest BCUT2D eigenvalue weighted by Crippen LogP contribution is -2.46. The molecule has 1 atom stereocenters. The minimum Gasteiger partial charge on any atom is -0.355 e. The molecule has 0 saturated carbocycles. The molecular weight excluding hydrogens is 350 g/mol. The molecule has 1 unspecified atom stereocenters. The Balaban J connectivity index is 1.67. The molecule has 0 bridgehead atoms. The van der Waals surface area contributed by atoms with Gasteiger partial charge < -0.3 is 10.2 Å². The van der Waals surface area contributed by atoms with E-state index >= 15 is 0 Å². The second-order valence-electron chi connectivity index (χ2n) is 8.41. The zero-order valence-corrected chi connectivity index (χ0v) is 17.8. The summed E-state index contributed by atoms with van der Waals surface area (Å²) in [6.45, 7) is 10.2. The van der Waals surface area contributed by atoms with Gasteiger partial charge in [-0.3, -0.25) is 14.5 Å². The zero-order chi connectivity index (χ0) is 20.4. The van der Waals surface area contributed by atoms with Crippen LogP contribution in [0.3, 0.4) is 0 Å². The summed E-state index contributed by atoms with van der Waals surface area (Å²) in [7, 11) is 2.14. The van der Waals surface area contributed by atoms with Gasteiger partial charge in [-0.05, 0) is 31.4 Å². The fraction of sp³-hybridized carbons (Fsp3) is 0.652. The Kier molecular flexibility index (Phi) is 9.65. The molecular formula is C23H37N3O2. The third kappa shape index (κ3) is 8.11. The minimum atomic E-state index is -0.0542. The van der Waals surface area contributed by atoms with E-state index in [0.29, 0.717) is 31.7 Å². The number of hydrogen-bond donors (Lipinski definition) is 1. The van der Waals surface area contributed by atoms with Gasteiger partial charge >= 0.3 is 0 Å². The van der Waals surface area contributed by atoms with Gasteiger partial charge in [-0.1, -0.05) is 44.2 Å². The maximum Gasteiger partial charge on any atom is 0.220 e. The van der Waals surface area contributed by atoms with E-state index in [1.807, 2.05) is 30.3 Å². The lowest BCUT2D eigenvalue weighted by molar-refractivity contribution is -0.122. The number of amides is 1. The van der Waals surface area contributed by atoms with Crippen molar-refractivity contribution in [1.29, 1.82) is 0 Å². The van der Waals surface area contributed by atoms with E-state index in [1.54, 1.807) is 0 Å². The molecule has 1 N–H and O–H groups in total. The smallest absolute Gasteiger partial charge is 0.220 e. The van der Waals surface area contributed by atoms with E-state index in [-0.39, 0.29) is 17.6 Å². The number of rotatable bonds is 11. The lowest BCUT2D eigenvalue weighted by Gasteiger charge is -2.32. The van der Waals surface area contributed by atoms with Crippen molar-refractivity contribution in [2.45, 2.75) is 45.4 Å². The Labute approximate surface area is 170 Å². The highest BCUT2D eigenvalue weighted by atomic mass is 16.1. The molecule has 1 aliphatic heterocycles. The van der Waals surface area contributed by atoms with Crippen LogP contribution in [0.15, 0.2) is 30.3 Å². The number of ketones is 1. The summed E-state index contributed by atoms with van der Waals surface area (Å²) in [4.78, 5) is 29.6. The topological polar surface area (TPSA) is 52.7 Å². The molecule has 1 aromatic rings. The van der Waals surface area contributed by atoms with E-state index in [9.17, 15) is 9.59 Å². The average Bonchev–Trinajstić information content (AvgIpc) is 2.68. The molecule has 1 heterocycles. The number of nitrogens with one attached hydrogen (secondary N) is 1. The quantitative estimate of drug-likeness (QED) is 0.634. The third-order valence-electron chi connectivity index (χ3n) is 5.47. The van der Waals surface area contributed by atoms with Crippen LogP contribution in [-0.2, 0) is 9.59 Å². The Morgan fingerprint density at radius 2 is 1.71 bits per heavy atom. The Hall–Kier alpha value is -1.72. The first-order valence-corrected chi connectivity index (χ1v) is 10.7. The summed E-state index contributed by atoms with van der Waals surface area (Å²) in [5.41, 5.74) is 1.10. The maximum atomic E-state index is 12.8. The van der Waals surface area contributed by atoms with E-state index in [0.717, 1.165) is 44.7 Å². The number of nitrogens with zero attached hydrogens (tertiary/aromatic N) is 2. The standard InChI is InChI=1S/C23H37N3O2/c1-19(2)18-21(20-8-5-4-6-9-20)22(27)10-7-11-23(28)24-12-13-26-16-14-25(3)15-17-26/h4-6,8-9,19,21H,7,10-18H2,1-3H3,(H,24,28). The predicted octanol–water partition coefficient (Wildman–Crippen LogP) is 2.92. The molecule has 5 nitrogen and oxygen atoms in total. The highest BCUT2D eigenvalue weighted by molar-refractivity contribution is 5.86. The molecule has 28 heavy (non-hydrogen) atoms. The van der Waals surface area contributed by atoms with Crippen molar-refractivity contribution >= 4 is 11.7 Å². The SMILES string of the molecule is CC(C)CC(C(=O)CCCC(=O)NCCN1CCN(C)CC1)c1ccccc1. The van der Waals surface area contributed by atoms with Crippen molar-refractivity contribution in [3.05, 3.63) is 35.9 Å². The normalized spacial score (nSPS) is 16.9. The molecule has 0 spiro atoms. The van der Waals surface area contributed by atoms with Crippen molar-refractivity contribution in [3.8, 4) is 0 Å². The average molecular weight is 388 g/mol. The first kappa shape index (κ1) is 22.6. The van der Waals surface area contributed by atoms with Gasteiger partial charge in [0.25, 0.3) is 0 Å². The largest absolute Gasteiger partial charge is 0.355 e. The van der Waals surface area contributed by atoms with E-state index in [4.69, 9.17) is 0 Å². The molecule has 1 saturated heterocycles. The maximum absolute atomic E-state index is 12.8. The van der Waals surface area contributed by atoms with Crippen LogP contribution in [0.1, 0.15) is 51.0 Å². The number of carbonyl (C=O) groups is 2. The summed E-state index contributed by atoms with van der Waals surface area (Å²) in [5, 5.41) is 3.00. The molecule has 1 aromatic carbocycles. The summed E-state index contributed by atoms with van der Waals surface area (Å²) < 4.78 is 0. The van der Waals surface area contributed by atoms with Crippen molar-refractivity contribution in [2.24, 2.45) is 5.92 Å². The summed E-state index contributed by atoms with van der Waals surface area (Å²) in [6.07, 6.45) is 2.39. The Morgan fingerprint density at radius 1 is 1.04 bits per heavy atom. The second kappa shape index (κ2) is 12.0. The van der Waals surface area contributed by atoms with Crippen LogP contribution in [0.4, 0.5) is 0 Å². The molecule has 5 heteroatoms. The van der Waals surface area contributed by atoms with Crippen LogP contribution in [0.2, 0.25) is 0 Å². The molecule has 156 valence electrons. The van der Waals surface area contributed by atoms with Crippen molar-refractivity contribution in [1.82, 2.24) is 15.1 Å². The number of benzene rings is 1. The number of hydrogen-bond acceptors (Lipinski definition) is 4. The first-order valence-electron chi connectivity index (χ1n) is 10.7. The van der Waals surface area contributed by atoms with E-state index in [1.165, 1.54) is 0 Å². The van der Waals surface area contributed by atoms with E-state index < -0.39 is 0 Å². The summed E-state index contributed by atoms with van der Waals surface area (Å²) >= 11 is 0. The fourth-order valence-corrected chi connectivity index (χ4v) is 3.72. The first-order chi connectivity index (χ1) is 13.5. The zero-order valence-electron chi connectivity index (χ0n) is 17.8. The lowest BCUT2D eigenvalue weighted by atomic mass is 9.85. The summed E-state index contributed by atoms with van der Waals surface area (Å²) in [5.74, 6) is 0.723. The number of carbonyl (C=O) groups excluding carboxylic acids is 2. The van der Waals surface area contributed by atoms with Gasteiger partial charge in [-0.2, -0.15) is 0 Å². The Bertz CT molecular complexity index is 595. The number of Topliss-reactive ketones (excluding diaryl/α,β-unsaturated/α-hetero) is 1. The highest BCUT2D eigenvalue weighted by Gasteiger charge is 2.21. The Morgan fingerprint density at radius 3 is 2.36 bits per heavy atom. The summed E-state index contributed by atoms with van der Waals surface area (Å²) in [6, 6.07) is 10.0. The monoisotopic (exact) mass is 387 g/mol. The molecule has 0 aromatic heterocycles. The van der Waals surface area contributed by atoms with Crippen LogP contribution in [-0.4, -0.2) is 67.8 Å². The highest BCUT2D eigenvalue weighted by Crippen LogP contribution is 2.26. The van der Waals surface area contributed by atoms with Gasteiger partial charge in [0, 0.05) is 58.0 Å². The van der Waals surface area contributed by atoms with Gasteiger partial charge in [-0.25, -0.2) is 0 Å². The van der Waals surface area contributed by atoms with Crippen LogP contribution in [0.25, 0.3) is 0 Å². The van der Waals surface area contributed by atoms with Crippen molar-refractivity contribution < 1.29 is 9.59 Å². The van der Waals surface area contributed by atoms with Gasteiger partial charge in [-0.15, -0.1) is 0 Å². The predicted molar refractivity (Wildman–Crippen MR) is 114 cm³/mol. The fourth-order valence-electron chi connectivity index (χ4n) is 3.72. The van der Waals surface area contributed by atoms with Crippen LogP contribution in [0, 0.1) is 5.92 Å². The van der Waals surface area contributed by atoms with Gasteiger partial charge in [0.2, 0.25) is 5.91 Å².